The Labute approximate surface area is 147 Å². The largest absolute Gasteiger partial charge is 0.337 e. The molecule has 1 fully saturated rings. The third-order valence-corrected chi connectivity index (χ3v) is 4.39. The lowest BCUT2D eigenvalue weighted by molar-refractivity contribution is 0.192. The molecule has 134 valence electrons. The maximum Gasteiger partial charge on any atom is 0.317 e. The van der Waals surface area contributed by atoms with E-state index in [-0.39, 0.29) is 12.6 Å². The second-order valence-electron chi connectivity index (χ2n) is 6.36. The van der Waals surface area contributed by atoms with Crippen LogP contribution >= 0.6 is 0 Å². The molecule has 0 radical (unpaired) electrons. The van der Waals surface area contributed by atoms with Gasteiger partial charge in [0.15, 0.2) is 0 Å². The molecule has 8 heteroatoms. The van der Waals surface area contributed by atoms with Crippen LogP contribution in [0.3, 0.4) is 0 Å². The number of aromatic nitrogens is 3. The zero-order valence-corrected chi connectivity index (χ0v) is 14.7. The number of rotatable bonds is 6. The SMILES string of the molecule is CC(CNC(=O)N(C)Cc1nc(-c2ccccn2)no1)N1CCCC1. The van der Waals surface area contributed by atoms with Gasteiger partial charge >= 0.3 is 6.03 Å². The van der Waals surface area contributed by atoms with Crippen molar-refractivity contribution in [2.75, 3.05) is 26.7 Å². The molecule has 0 spiro atoms. The number of urea groups is 1. The fourth-order valence-corrected chi connectivity index (χ4v) is 2.87. The molecule has 0 aliphatic carbocycles. The molecule has 3 heterocycles. The number of nitrogens with one attached hydrogen (secondary N) is 1. The van der Waals surface area contributed by atoms with Gasteiger partial charge in [0, 0.05) is 25.8 Å². The Balaban J connectivity index is 1.49. The summed E-state index contributed by atoms with van der Waals surface area (Å²) < 4.78 is 5.22. The monoisotopic (exact) mass is 344 g/mol. The molecule has 0 bridgehead atoms. The van der Waals surface area contributed by atoms with Gasteiger partial charge in [-0.25, -0.2) is 4.79 Å². The molecule has 1 aliphatic heterocycles. The second kappa shape index (κ2) is 8.06. The van der Waals surface area contributed by atoms with Crippen molar-refractivity contribution in [1.82, 2.24) is 30.2 Å². The molecule has 1 aliphatic rings. The lowest BCUT2D eigenvalue weighted by atomic mass is 10.3. The predicted molar refractivity (Wildman–Crippen MR) is 92.7 cm³/mol. The Hall–Kier alpha value is -2.48. The van der Waals surface area contributed by atoms with Gasteiger partial charge < -0.3 is 14.7 Å². The number of amides is 2. The number of carbonyl (C=O) groups is 1. The smallest absolute Gasteiger partial charge is 0.317 e. The summed E-state index contributed by atoms with van der Waals surface area (Å²) in [6.45, 7) is 5.26. The van der Waals surface area contributed by atoms with Gasteiger partial charge in [0.25, 0.3) is 0 Å². The summed E-state index contributed by atoms with van der Waals surface area (Å²) in [5, 5.41) is 6.87. The highest BCUT2D eigenvalue weighted by atomic mass is 16.5. The summed E-state index contributed by atoms with van der Waals surface area (Å²) in [5.74, 6) is 0.804. The van der Waals surface area contributed by atoms with Crippen LogP contribution in [-0.4, -0.2) is 63.7 Å². The van der Waals surface area contributed by atoms with Crippen LogP contribution in [0.5, 0.6) is 0 Å². The quantitative estimate of drug-likeness (QED) is 0.859. The van der Waals surface area contributed by atoms with E-state index in [1.807, 2.05) is 18.2 Å². The van der Waals surface area contributed by atoms with E-state index >= 15 is 0 Å². The average molecular weight is 344 g/mol. The van der Waals surface area contributed by atoms with E-state index in [1.165, 1.54) is 17.7 Å². The summed E-state index contributed by atoms with van der Waals surface area (Å²) in [6.07, 6.45) is 4.16. The topological polar surface area (TPSA) is 87.4 Å². The molecular weight excluding hydrogens is 320 g/mol. The highest BCUT2D eigenvalue weighted by Gasteiger charge is 2.20. The van der Waals surface area contributed by atoms with Gasteiger partial charge in [-0.3, -0.25) is 9.88 Å². The third-order valence-electron chi connectivity index (χ3n) is 4.39. The van der Waals surface area contributed by atoms with Crippen LogP contribution < -0.4 is 5.32 Å². The molecule has 1 N–H and O–H groups in total. The fraction of sp³-hybridized carbons (Fsp3) is 0.529. The van der Waals surface area contributed by atoms with Crippen LogP contribution in [0.1, 0.15) is 25.7 Å². The van der Waals surface area contributed by atoms with Gasteiger partial charge in [-0.05, 0) is 45.0 Å². The van der Waals surface area contributed by atoms with Gasteiger partial charge in [-0.15, -0.1) is 0 Å². The summed E-state index contributed by atoms with van der Waals surface area (Å²) in [6, 6.07) is 5.69. The molecule has 3 rings (SSSR count). The first kappa shape index (κ1) is 17.3. The van der Waals surface area contributed by atoms with Crippen LogP contribution in [0, 0.1) is 0 Å². The summed E-state index contributed by atoms with van der Waals surface area (Å²) in [7, 11) is 1.71. The van der Waals surface area contributed by atoms with Crippen molar-refractivity contribution < 1.29 is 9.32 Å². The highest BCUT2D eigenvalue weighted by Crippen LogP contribution is 2.13. The second-order valence-corrected chi connectivity index (χ2v) is 6.36. The molecule has 0 saturated carbocycles. The van der Waals surface area contributed by atoms with Crippen molar-refractivity contribution in [2.24, 2.45) is 0 Å². The molecular formula is C17H24N6O2. The number of carbonyl (C=O) groups excluding carboxylic acids is 1. The minimum absolute atomic E-state index is 0.149. The molecule has 1 unspecified atom stereocenters. The van der Waals surface area contributed by atoms with Crippen LogP contribution in [-0.2, 0) is 6.54 Å². The molecule has 2 amide bonds. The summed E-state index contributed by atoms with van der Waals surface area (Å²) in [4.78, 5) is 24.6. The average Bonchev–Trinajstić information content (AvgIpc) is 3.32. The molecule has 1 saturated heterocycles. The third kappa shape index (κ3) is 4.54. The Morgan fingerprint density at radius 2 is 2.20 bits per heavy atom. The zero-order valence-electron chi connectivity index (χ0n) is 14.7. The normalized spacial score (nSPS) is 15.9. The first-order valence-corrected chi connectivity index (χ1v) is 8.60. The number of nitrogens with zero attached hydrogens (tertiary/aromatic N) is 5. The van der Waals surface area contributed by atoms with E-state index in [0.717, 1.165) is 13.1 Å². The number of hydrogen-bond donors (Lipinski definition) is 1. The molecule has 8 nitrogen and oxygen atoms in total. The van der Waals surface area contributed by atoms with Crippen molar-refractivity contribution in [1.29, 1.82) is 0 Å². The number of likely N-dealkylation sites (tertiary alicyclic amines) is 1. The molecule has 2 aromatic heterocycles. The van der Waals surface area contributed by atoms with Crippen LogP contribution in [0.25, 0.3) is 11.5 Å². The number of hydrogen-bond acceptors (Lipinski definition) is 6. The van der Waals surface area contributed by atoms with Crippen molar-refractivity contribution >= 4 is 6.03 Å². The highest BCUT2D eigenvalue weighted by molar-refractivity contribution is 5.73. The molecule has 2 aromatic rings. The number of pyridine rings is 1. The lowest BCUT2D eigenvalue weighted by Crippen LogP contribution is -2.44. The van der Waals surface area contributed by atoms with E-state index in [2.05, 4.69) is 32.3 Å². The lowest BCUT2D eigenvalue weighted by Gasteiger charge is -2.25. The van der Waals surface area contributed by atoms with Crippen LogP contribution in [0.4, 0.5) is 4.79 Å². The van der Waals surface area contributed by atoms with Gasteiger partial charge in [-0.1, -0.05) is 11.2 Å². The summed E-state index contributed by atoms with van der Waals surface area (Å²) >= 11 is 0. The van der Waals surface area contributed by atoms with E-state index < -0.39 is 0 Å². The van der Waals surface area contributed by atoms with Crippen LogP contribution in [0.2, 0.25) is 0 Å². The minimum Gasteiger partial charge on any atom is -0.337 e. The Kier molecular flexibility index (Phi) is 5.60. The van der Waals surface area contributed by atoms with E-state index in [0.29, 0.717) is 30.0 Å². The van der Waals surface area contributed by atoms with Crippen molar-refractivity contribution in [2.45, 2.75) is 32.4 Å². The van der Waals surface area contributed by atoms with Crippen molar-refractivity contribution in [3.05, 3.63) is 30.3 Å². The standard InChI is InChI=1S/C17H24N6O2/c1-13(23-9-5-6-10-23)11-19-17(24)22(2)12-15-20-16(21-25-15)14-7-3-4-8-18-14/h3-4,7-8,13H,5-6,9-12H2,1-2H3,(H,19,24). The maximum absolute atomic E-state index is 12.2. The first-order chi connectivity index (χ1) is 12.1. The fourth-order valence-electron chi connectivity index (χ4n) is 2.87. The Morgan fingerprint density at radius 1 is 1.40 bits per heavy atom. The summed E-state index contributed by atoms with van der Waals surface area (Å²) in [5.41, 5.74) is 0.643. The van der Waals surface area contributed by atoms with E-state index in [9.17, 15) is 4.79 Å². The minimum atomic E-state index is -0.149. The molecule has 0 aromatic carbocycles. The van der Waals surface area contributed by atoms with Crippen molar-refractivity contribution in [3.63, 3.8) is 0 Å². The zero-order chi connectivity index (χ0) is 17.6. The van der Waals surface area contributed by atoms with Gasteiger partial charge in [-0.2, -0.15) is 4.98 Å². The maximum atomic E-state index is 12.2. The van der Waals surface area contributed by atoms with Gasteiger partial charge in [0.2, 0.25) is 11.7 Å². The van der Waals surface area contributed by atoms with Gasteiger partial charge in [0.05, 0.1) is 0 Å². The van der Waals surface area contributed by atoms with Crippen molar-refractivity contribution in [3.8, 4) is 11.5 Å². The Bertz CT molecular complexity index is 683. The molecule has 1 atom stereocenters. The molecule has 25 heavy (non-hydrogen) atoms. The first-order valence-electron chi connectivity index (χ1n) is 8.60. The predicted octanol–water partition coefficient (Wildman–Crippen LogP) is 1.76. The van der Waals surface area contributed by atoms with Gasteiger partial charge in [0.1, 0.15) is 12.2 Å². The Morgan fingerprint density at radius 3 is 2.92 bits per heavy atom. The van der Waals surface area contributed by atoms with E-state index in [1.54, 1.807) is 13.2 Å². The van der Waals surface area contributed by atoms with Crippen LogP contribution in [0.15, 0.2) is 28.9 Å². The van der Waals surface area contributed by atoms with E-state index in [4.69, 9.17) is 4.52 Å².